The molecular weight excluding hydrogens is 1300 g/mol. The van der Waals surface area contributed by atoms with E-state index in [2.05, 4.69) is 52.8 Å². The van der Waals surface area contributed by atoms with Crippen LogP contribution >= 0.6 is 46.4 Å². The summed E-state index contributed by atoms with van der Waals surface area (Å²) in [4.78, 5) is 75.4. The number of halogens is 6. The molecule has 5 heterocycles. The molecule has 7 aromatic rings. The molecule has 498 valence electrons. The highest BCUT2D eigenvalue weighted by atomic mass is 35.5. The molecule has 0 aliphatic carbocycles. The zero-order valence-electron chi connectivity index (χ0n) is 51.8. The number of anilines is 5. The monoisotopic (exact) mass is 1370 g/mol. The lowest BCUT2D eigenvalue weighted by molar-refractivity contribution is 0.0657. The first-order valence-electron chi connectivity index (χ1n) is 29.4. The predicted octanol–water partition coefficient (Wildman–Crippen LogP) is 9.65. The third-order valence-electron chi connectivity index (χ3n) is 15.6. The van der Waals surface area contributed by atoms with E-state index in [1.807, 2.05) is 23.9 Å². The fourth-order valence-corrected chi connectivity index (χ4v) is 11.0. The van der Waals surface area contributed by atoms with Gasteiger partial charge in [0.25, 0.3) is 29.5 Å². The van der Waals surface area contributed by atoms with Gasteiger partial charge in [0.15, 0.2) is 34.5 Å². The molecule has 23 nitrogen and oxygen atoms in total. The molecule has 30 heteroatoms. The summed E-state index contributed by atoms with van der Waals surface area (Å²) in [7, 11) is 7.56. The van der Waals surface area contributed by atoms with Crippen LogP contribution in [0.1, 0.15) is 89.6 Å². The molecule has 2 aromatic heterocycles. The number of nitrogen functional groups attached to an aromatic ring is 3. The minimum Gasteiger partial charge on any atom is -0.487 e. The Labute approximate surface area is 564 Å². The summed E-state index contributed by atoms with van der Waals surface area (Å²) in [5.41, 5.74) is 21.1. The average molecular weight is 1370 g/mol. The van der Waals surface area contributed by atoms with Crippen LogP contribution in [0, 0.1) is 11.6 Å². The second kappa shape index (κ2) is 33.6. The zero-order chi connectivity index (χ0) is 67.2. The lowest BCUT2D eigenvalue weighted by Gasteiger charge is -2.32. The van der Waals surface area contributed by atoms with Crippen LogP contribution in [0.2, 0.25) is 26.9 Å². The number of nitrogens with one attached hydrogen (secondary N) is 2. The summed E-state index contributed by atoms with van der Waals surface area (Å²) in [5, 5.41) is 20.7. The number of ether oxygens (including phenoxy) is 2. The third-order valence-corrected chi connectivity index (χ3v) is 17.0. The van der Waals surface area contributed by atoms with Crippen molar-refractivity contribution in [3.05, 3.63) is 180 Å². The maximum atomic E-state index is 14.3. The summed E-state index contributed by atoms with van der Waals surface area (Å²) in [6.45, 7) is 12.1. The Hall–Kier alpha value is -8.47. The van der Waals surface area contributed by atoms with E-state index in [1.54, 1.807) is 91.4 Å². The van der Waals surface area contributed by atoms with Crippen molar-refractivity contribution >= 4 is 112 Å². The summed E-state index contributed by atoms with van der Waals surface area (Å²) >= 11 is 24.8. The van der Waals surface area contributed by atoms with Crippen LogP contribution in [0.25, 0.3) is 0 Å². The molecule has 8 N–H and O–H groups in total. The lowest BCUT2D eigenvalue weighted by Crippen LogP contribution is -2.47. The number of aromatic nitrogens is 4. The largest absolute Gasteiger partial charge is 0.487 e. The number of hydrogen-bond donors (Lipinski definition) is 5. The molecule has 0 radical (unpaired) electrons. The van der Waals surface area contributed by atoms with E-state index in [0.717, 1.165) is 70.1 Å². The van der Waals surface area contributed by atoms with Crippen LogP contribution in [0.4, 0.5) is 37.5 Å². The van der Waals surface area contributed by atoms with Gasteiger partial charge < -0.3 is 71.4 Å². The van der Waals surface area contributed by atoms with Crippen molar-refractivity contribution in [2.24, 2.45) is 0 Å². The first kappa shape index (κ1) is 73.0. The first-order chi connectivity index (χ1) is 44.4. The minimum absolute atomic E-state index is 0. The molecule has 3 aliphatic rings. The van der Waals surface area contributed by atoms with Crippen molar-refractivity contribution in [2.45, 2.75) is 33.3 Å². The van der Waals surface area contributed by atoms with Gasteiger partial charge in [0, 0.05) is 153 Å². The molecule has 2 atom stereocenters. The number of amides is 5. The van der Waals surface area contributed by atoms with Gasteiger partial charge in [0.2, 0.25) is 0 Å². The highest BCUT2D eigenvalue weighted by Gasteiger charge is 2.33. The second-order valence-corrected chi connectivity index (χ2v) is 23.8. The topological polar surface area (TPSA) is 286 Å². The molecule has 5 amide bonds. The number of carbonyl (C=O) groups is 5. The molecule has 0 saturated carbocycles. The minimum atomic E-state index is -0.992. The second-order valence-electron chi connectivity index (χ2n) is 22.2. The smallest absolute Gasteiger partial charge is 0.338 e. The fraction of sp³-hybridized carbons (Fsp3) is 0.328. The highest BCUT2D eigenvalue weighted by molar-refractivity contribution is 6.52. The molecule has 3 fully saturated rings. The van der Waals surface area contributed by atoms with E-state index in [4.69, 9.17) is 77.7 Å². The summed E-state index contributed by atoms with van der Waals surface area (Å²) in [5.74, 6) is -2.62. The van der Waals surface area contributed by atoms with E-state index in [1.165, 1.54) is 31.4 Å². The molecule has 3 aliphatic heterocycles. The number of hydrogen-bond acceptors (Lipinski definition) is 18. The quantitative estimate of drug-likeness (QED) is 0.0363. The van der Waals surface area contributed by atoms with Gasteiger partial charge in [0.1, 0.15) is 23.7 Å². The predicted molar refractivity (Wildman–Crippen MR) is 363 cm³/mol. The number of benzene rings is 5. The van der Waals surface area contributed by atoms with Crippen molar-refractivity contribution in [2.75, 3.05) is 135 Å². The first-order valence-corrected chi connectivity index (χ1v) is 30.9. The van der Waals surface area contributed by atoms with Gasteiger partial charge in [-0.2, -0.15) is 0 Å². The molecule has 0 bridgehead atoms. The third kappa shape index (κ3) is 18.9. The maximum absolute atomic E-state index is 14.3. The molecule has 5 aromatic carbocycles. The number of nitrogens with two attached hydrogens (primary N) is 3. The van der Waals surface area contributed by atoms with Crippen LogP contribution in [0.5, 0.6) is 11.5 Å². The number of nitrogens with zero attached hydrogens (tertiary/aromatic N) is 10. The molecular formula is C64H74BCl4F2N15O8. The lowest BCUT2D eigenvalue weighted by atomic mass is 9.62. The zero-order valence-corrected chi connectivity index (χ0v) is 54.9. The number of carbonyl (C=O) groups excluding carboxylic acids is 5. The summed E-state index contributed by atoms with van der Waals surface area (Å²) < 4.78 is 45.4. The molecule has 94 heavy (non-hydrogen) atoms. The van der Waals surface area contributed by atoms with Crippen molar-refractivity contribution in [3.63, 3.8) is 0 Å². The Bertz CT molecular complexity index is 3800. The SMILES string of the molecule is C.CN1CCN(C(=O)c2ccc(N)cc2)CC1.COB(C)C(Oc1cc(C(=O)Nc2ccc(C(=O)N3CCN(C)CC3)cc2)nnc1N)c1c(Cl)ccc(F)c1Cl.C[C@H](Oc1cc(C(=O)Nc2ccc(C(=O)N3CCN(C)CC3)cc2)nnc1N)c1c(Cl)ccc(F)c1Cl. The van der Waals surface area contributed by atoms with Gasteiger partial charge in [-0.15, -0.1) is 20.4 Å². The molecule has 1 unspecified atom stereocenters. The Morgan fingerprint density at radius 2 is 0.851 bits per heavy atom. The Balaban J connectivity index is 0.000000214. The number of piperazine rings is 3. The van der Waals surface area contributed by atoms with Gasteiger partial charge in [-0.3, -0.25) is 24.0 Å². The Morgan fingerprint density at radius 3 is 1.22 bits per heavy atom. The van der Waals surface area contributed by atoms with Gasteiger partial charge in [-0.1, -0.05) is 60.7 Å². The average Bonchev–Trinajstić information content (AvgIpc) is 0.831. The van der Waals surface area contributed by atoms with E-state index in [-0.39, 0.29) is 90.9 Å². The van der Waals surface area contributed by atoms with Crippen molar-refractivity contribution in [3.8, 4) is 11.5 Å². The fourth-order valence-electron chi connectivity index (χ4n) is 9.78. The molecule has 0 spiro atoms. The van der Waals surface area contributed by atoms with E-state index in [0.29, 0.717) is 54.4 Å². The van der Waals surface area contributed by atoms with E-state index < -0.39 is 42.5 Å². The van der Waals surface area contributed by atoms with E-state index in [9.17, 15) is 32.8 Å². The number of rotatable bonds is 15. The van der Waals surface area contributed by atoms with E-state index >= 15 is 0 Å². The molecule has 3 saturated heterocycles. The van der Waals surface area contributed by atoms with Gasteiger partial charge in [-0.25, -0.2) is 8.78 Å². The van der Waals surface area contributed by atoms with Gasteiger partial charge in [-0.05, 0) is 125 Å². The van der Waals surface area contributed by atoms with Crippen LogP contribution in [-0.4, -0.2) is 193 Å². The van der Waals surface area contributed by atoms with Crippen LogP contribution in [-0.2, 0) is 4.65 Å². The Morgan fingerprint density at radius 1 is 0.511 bits per heavy atom. The van der Waals surface area contributed by atoms with Crippen LogP contribution in [0.3, 0.4) is 0 Å². The summed E-state index contributed by atoms with van der Waals surface area (Å²) in [6, 6.07) is 26.9. The van der Waals surface area contributed by atoms with Crippen molar-refractivity contribution in [1.82, 2.24) is 49.8 Å². The summed E-state index contributed by atoms with van der Waals surface area (Å²) in [6.07, 6.45) is -0.802. The highest BCUT2D eigenvalue weighted by Crippen LogP contribution is 2.39. The van der Waals surface area contributed by atoms with Crippen LogP contribution in [0.15, 0.2) is 109 Å². The van der Waals surface area contributed by atoms with Gasteiger partial charge >= 0.3 is 6.92 Å². The molecule has 10 rings (SSSR count). The van der Waals surface area contributed by atoms with Crippen molar-refractivity contribution in [1.29, 1.82) is 0 Å². The normalized spacial score (nSPS) is 15.0. The standard InChI is InChI=1S/C26H28BCl2FN6O4.C25H25Cl2FN6O3.C12H17N3O.CH4/c1-27(39-3)23(21-17(28)8-9-18(30)22(21)29)40-20-14-19(33-34-24(20)31)25(37)32-16-6-4-15(5-7-16)26(38)36-12-10-35(2)11-13-36;1-14(21-17(26)7-8-18(28)22(21)27)37-20-13-19(31-32-23(20)29)24(35)30-16-5-3-15(4-6-16)25(36)34-11-9-33(2)10-12-34;1-14-6-8-15(9-7-14)12(16)10-2-4-11(13)5-3-10;/h4-9,14,23H,10-13H2,1-3H3,(H2,31,34)(H,32,37);3-8,13-14H,9-12H2,1-2H3,(H2,29,32)(H,30,35);2-5H,6-9,13H2,1H3;1H4/t;14-;;/m.0../s1. The van der Waals surface area contributed by atoms with Crippen LogP contribution < -0.4 is 37.3 Å². The maximum Gasteiger partial charge on any atom is 0.338 e. The Kier molecular flexibility index (Phi) is 26.1. The van der Waals surface area contributed by atoms with Gasteiger partial charge in [0.05, 0.1) is 10.0 Å². The number of likely N-dealkylation sites (N-methyl/N-ethyl adjacent to an activating group) is 3. The van der Waals surface area contributed by atoms with Crippen molar-refractivity contribution < 1.29 is 46.9 Å².